The molecule has 2 aromatic heterocycles. The van der Waals surface area contributed by atoms with Crippen LogP contribution in [0.5, 0.6) is 0 Å². The zero-order valence-corrected chi connectivity index (χ0v) is 18.9. The van der Waals surface area contributed by atoms with Gasteiger partial charge in [-0.1, -0.05) is 0 Å². The maximum atomic E-state index is 13.7. The van der Waals surface area contributed by atoms with Gasteiger partial charge in [0, 0.05) is 37.0 Å². The quantitative estimate of drug-likeness (QED) is 0.460. The summed E-state index contributed by atoms with van der Waals surface area (Å²) in [6.07, 6.45) is -0.950. The molecule has 1 atom stereocenters. The van der Waals surface area contributed by atoms with Gasteiger partial charge in [0.2, 0.25) is 0 Å². The lowest BCUT2D eigenvalue weighted by molar-refractivity contribution is -0.165. The van der Waals surface area contributed by atoms with Gasteiger partial charge in [-0.25, -0.2) is 14.5 Å². The fourth-order valence-electron chi connectivity index (χ4n) is 4.39. The number of nitrogens with zero attached hydrogens (tertiary/aromatic N) is 5. The molecule has 7 nitrogen and oxygen atoms in total. The summed E-state index contributed by atoms with van der Waals surface area (Å²) in [4.78, 5) is 21.5. The van der Waals surface area contributed by atoms with Gasteiger partial charge < -0.3 is 9.88 Å². The van der Waals surface area contributed by atoms with E-state index in [9.17, 15) is 18.0 Å². The number of anilines is 1. The monoisotopic (exact) mass is 470 g/mol. The molecular weight excluding hydrogens is 445 g/mol. The molecule has 2 aromatic carbocycles. The number of aryl methyl sites for hydroxylation is 1. The van der Waals surface area contributed by atoms with Crippen LogP contribution in [0.15, 0.2) is 47.3 Å². The van der Waals surface area contributed by atoms with Gasteiger partial charge in [-0.3, -0.25) is 4.57 Å². The number of imidazole rings is 1. The van der Waals surface area contributed by atoms with E-state index in [-0.39, 0.29) is 17.3 Å². The molecule has 1 saturated heterocycles. The second kappa shape index (κ2) is 8.34. The molecule has 1 aliphatic heterocycles. The molecule has 0 bridgehead atoms. The van der Waals surface area contributed by atoms with Crippen molar-refractivity contribution in [3.63, 3.8) is 0 Å². The first-order chi connectivity index (χ1) is 16.2. The molecule has 1 aliphatic rings. The Kier molecular flexibility index (Phi) is 5.45. The van der Waals surface area contributed by atoms with Crippen LogP contribution in [0.4, 0.5) is 18.9 Å². The van der Waals surface area contributed by atoms with Crippen LogP contribution in [0.3, 0.4) is 0 Å². The predicted molar refractivity (Wildman–Crippen MR) is 125 cm³/mol. The second-order valence-electron chi connectivity index (χ2n) is 8.74. The summed E-state index contributed by atoms with van der Waals surface area (Å²) in [7, 11) is 1.60. The van der Waals surface area contributed by atoms with Crippen molar-refractivity contribution in [1.82, 2.24) is 24.3 Å². The molecule has 0 saturated carbocycles. The largest absolute Gasteiger partial charge is 0.410 e. The van der Waals surface area contributed by atoms with E-state index in [1.54, 1.807) is 25.2 Å². The number of halogens is 3. The number of aromatic amines is 1. The minimum atomic E-state index is -4.50. The van der Waals surface area contributed by atoms with Crippen LogP contribution in [0.1, 0.15) is 32.2 Å². The first-order valence-electron chi connectivity index (χ1n) is 11.3. The molecule has 178 valence electrons. The van der Waals surface area contributed by atoms with Crippen molar-refractivity contribution in [3.05, 3.63) is 52.9 Å². The Hall–Kier alpha value is -3.56. The van der Waals surface area contributed by atoms with Crippen molar-refractivity contribution in [2.45, 2.75) is 38.4 Å². The summed E-state index contributed by atoms with van der Waals surface area (Å²) in [6, 6.07) is 10.7. The zero-order chi connectivity index (χ0) is 24.0. The smallest absolute Gasteiger partial charge is 0.372 e. The molecular formula is C24H25F3N6O. The van der Waals surface area contributed by atoms with Crippen LogP contribution in [-0.2, 0) is 7.05 Å². The van der Waals surface area contributed by atoms with Gasteiger partial charge in [0.15, 0.2) is 11.6 Å². The highest BCUT2D eigenvalue weighted by Crippen LogP contribution is 2.35. The zero-order valence-electron chi connectivity index (χ0n) is 18.9. The van der Waals surface area contributed by atoms with E-state index in [2.05, 4.69) is 20.0 Å². The van der Waals surface area contributed by atoms with Gasteiger partial charge in [-0.2, -0.15) is 13.2 Å². The molecule has 1 fully saturated rings. The van der Waals surface area contributed by atoms with Crippen LogP contribution >= 0.6 is 0 Å². The lowest BCUT2D eigenvalue weighted by Gasteiger charge is -2.28. The minimum Gasteiger partial charge on any atom is -0.372 e. The van der Waals surface area contributed by atoms with Crippen LogP contribution in [-0.4, -0.2) is 43.6 Å². The minimum absolute atomic E-state index is 0.0930. The van der Waals surface area contributed by atoms with Crippen molar-refractivity contribution in [1.29, 1.82) is 0 Å². The molecule has 5 rings (SSSR count). The summed E-state index contributed by atoms with van der Waals surface area (Å²) in [6.45, 7) is 3.07. The fourth-order valence-corrected chi connectivity index (χ4v) is 4.39. The van der Waals surface area contributed by atoms with E-state index in [4.69, 9.17) is 0 Å². The topological polar surface area (TPSA) is 71.7 Å². The number of rotatable bonds is 4. The van der Waals surface area contributed by atoms with Crippen molar-refractivity contribution < 1.29 is 13.2 Å². The molecule has 0 radical (unpaired) electrons. The number of fused-ring (bicyclic) bond motifs is 1. The highest BCUT2D eigenvalue weighted by Gasteiger charge is 2.40. The molecule has 1 unspecified atom stereocenters. The van der Waals surface area contributed by atoms with Gasteiger partial charge in [0.1, 0.15) is 6.04 Å². The number of H-pyrrole nitrogens is 1. The SMILES string of the molecule is CC(n1nc(-c2ccc(N3CCCCC3)cc2)nc1-c1ccc2[nH]c(=O)n(C)c2c1)C(F)(F)F. The van der Waals surface area contributed by atoms with Gasteiger partial charge in [0.05, 0.1) is 11.0 Å². The first-order valence-corrected chi connectivity index (χ1v) is 11.3. The summed E-state index contributed by atoms with van der Waals surface area (Å²) in [5.41, 5.74) is 3.05. The summed E-state index contributed by atoms with van der Waals surface area (Å²) >= 11 is 0. The van der Waals surface area contributed by atoms with Crippen LogP contribution in [0.25, 0.3) is 33.8 Å². The third-order valence-electron chi connectivity index (χ3n) is 6.48. The summed E-state index contributed by atoms with van der Waals surface area (Å²) in [5.74, 6) is 0.315. The van der Waals surface area contributed by atoms with E-state index in [0.717, 1.165) is 43.2 Å². The molecule has 34 heavy (non-hydrogen) atoms. The second-order valence-corrected chi connectivity index (χ2v) is 8.74. The first kappa shape index (κ1) is 22.2. The Balaban J connectivity index is 1.57. The van der Waals surface area contributed by atoms with Crippen molar-refractivity contribution in [2.75, 3.05) is 18.0 Å². The summed E-state index contributed by atoms with van der Waals surface area (Å²) in [5, 5.41) is 4.27. The Morgan fingerprint density at radius 3 is 2.35 bits per heavy atom. The van der Waals surface area contributed by atoms with E-state index < -0.39 is 12.2 Å². The van der Waals surface area contributed by atoms with Crippen molar-refractivity contribution in [3.8, 4) is 22.8 Å². The highest BCUT2D eigenvalue weighted by molar-refractivity contribution is 5.81. The lowest BCUT2D eigenvalue weighted by Crippen LogP contribution is -2.29. The number of piperidine rings is 1. The fraction of sp³-hybridized carbons (Fsp3) is 0.375. The van der Waals surface area contributed by atoms with Crippen molar-refractivity contribution >= 4 is 16.7 Å². The molecule has 1 N–H and O–H groups in total. The van der Waals surface area contributed by atoms with E-state index in [1.807, 2.05) is 24.3 Å². The highest BCUT2D eigenvalue weighted by atomic mass is 19.4. The number of hydrogen-bond donors (Lipinski definition) is 1. The van der Waals surface area contributed by atoms with Gasteiger partial charge >= 0.3 is 11.9 Å². The predicted octanol–water partition coefficient (Wildman–Crippen LogP) is 4.91. The van der Waals surface area contributed by atoms with Crippen molar-refractivity contribution in [2.24, 2.45) is 7.05 Å². The number of nitrogens with one attached hydrogen (secondary N) is 1. The number of alkyl halides is 3. The third-order valence-corrected chi connectivity index (χ3v) is 6.48. The number of aromatic nitrogens is 5. The molecule has 10 heteroatoms. The Bertz CT molecular complexity index is 1380. The van der Waals surface area contributed by atoms with Gasteiger partial charge in [-0.15, -0.1) is 5.10 Å². The van der Waals surface area contributed by atoms with Crippen LogP contribution < -0.4 is 10.6 Å². The Morgan fingerprint density at radius 2 is 1.68 bits per heavy atom. The maximum Gasteiger partial charge on any atom is 0.410 e. The standard InChI is InChI=1S/C24H25F3N6O/c1-15(24(25,26)27)33-22(17-8-11-19-20(14-17)31(2)23(34)28-19)29-21(30-33)16-6-9-18(10-7-16)32-12-4-3-5-13-32/h6-11,14-15H,3-5,12-13H2,1-2H3,(H,28,34). The summed E-state index contributed by atoms with van der Waals surface area (Å²) < 4.78 is 43.4. The van der Waals surface area contributed by atoms with Gasteiger partial charge in [-0.05, 0) is 68.7 Å². The molecule has 3 heterocycles. The lowest BCUT2D eigenvalue weighted by atomic mass is 10.1. The van der Waals surface area contributed by atoms with Gasteiger partial charge in [0.25, 0.3) is 0 Å². The number of benzene rings is 2. The van der Waals surface area contributed by atoms with E-state index >= 15 is 0 Å². The van der Waals surface area contributed by atoms with Crippen LogP contribution in [0.2, 0.25) is 0 Å². The van der Waals surface area contributed by atoms with Crippen LogP contribution in [0, 0.1) is 0 Å². The van der Waals surface area contributed by atoms with E-state index in [1.165, 1.54) is 11.0 Å². The number of hydrogen-bond acceptors (Lipinski definition) is 4. The third kappa shape index (κ3) is 3.97. The normalized spacial score (nSPS) is 15.7. The Labute approximate surface area is 193 Å². The average Bonchev–Trinajstić information content (AvgIpc) is 3.40. The Morgan fingerprint density at radius 1 is 1.00 bits per heavy atom. The molecule has 0 spiro atoms. The molecule has 4 aromatic rings. The van der Waals surface area contributed by atoms with E-state index in [0.29, 0.717) is 22.2 Å². The molecule has 0 aliphatic carbocycles. The average molecular weight is 470 g/mol. The maximum absolute atomic E-state index is 13.7. The molecule has 0 amide bonds.